The molecule has 1 unspecified atom stereocenters. The molecule has 1 atom stereocenters. The number of rotatable bonds is 7. The number of hydrazine groups is 1. The molecule has 0 aliphatic heterocycles. The number of thioether (sulfide) groups is 1. The van der Waals surface area contributed by atoms with E-state index < -0.39 is 0 Å². The Kier molecular flexibility index (Phi) is 6.11. The Morgan fingerprint density at radius 2 is 1.86 bits per heavy atom. The van der Waals surface area contributed by atoms with Gasteiger partial charge in [-0.05, 0) is 43.2 Å². The van der Waals surface area contributed by atoms with E-state index in [0.29, 0.717) is 6.61 Å². The fourth-order valence-electron chi connectivity index (χ4n) is 2.10. The highest BCUT2D eigenvalue weighted by atomic mass is 32.2. The number of aryl methyl sites for hydroxylation is 1. The van der Waals surface area contributed by atoms with E-state index in [0.717, 1.165) is 11.5 Å². The Hall–Kier alpha value is -1.49. The van der Waals surface area contributed by atoms with E-state index in [9.17, 15) is 0 Å². The molecule has 4 heteroatoms. The van der Waals surface area contributed by atoms with Crippen LogP contribution in [0.3, 0.4) is 0 Å². The molecule has 0 aromatic heterocycles. The van der Waals surface area contributed by atoms with E-state index in [1.165, 1.54) is 16.0 Å². The molecule has 112 valence electrons. The zero-order valence-electron chi connectivity index (χ0n) is 12.5. The predicted octanol–water partition coefficient (Wildman–Crippen LogP) is 3.69. The van der Waals surface area contributed by atoms with Gasteiger partial charge in [0.2, 0.25) is 0 Å². The molecule has 0 fully saturated rings. The number of nitrogens with one attached hydrogen (secondary N) is 1. The lowest BCUT2D eigenvalue weighted by Gasteiger charge is -2.17. The van der Waals surface area contributed by atoms with E-state index in [1.807, 2.05) is 30.8 Å². The van der Waals surface area contributed by atoms with Gasteiger partial charge in [-0.1, -0.05) is 30.3 Å². The first kappa shape index (κ1) is 15.9. The number of hydrogen-bond donors (Lipinski definition) is 2. The molecule has 0 spiro atoms. The van der Waals surface area contributed by atoms with Gasteiger partial charge in [-0.2, -0.15) is 0 Å². The average molecular weight is 302 g/mol. The maximum atomic E-state index is 5.71. The van der Waals surface area contributed by atoms with Crippen LogP contribution in [0.5, 0.6) is 5.75 Å². The Balaban J connectivity index is 2.01. The number of ether oxygens (including phenoxy) is 1. The van der Waals surface area contributed by atoms with Gasteiger partial charge in [0.15, 0.2) is 0 Å². The summed E-state index contributed by atoms with van der Waals surface area (Å²) >= 11 is 1.82. The lowest BCUT2D eigenvalue weighted by Crippen LogP contribution is -2.29. The Morgan fingerprint density at radius 3 is 2.48 bits per heavy atom. The summed E-state index contributed by atoms with van der Waals surface area (Å²) in [4.78, 5) is 1.30. The lowest BCUT2D eigenvalue weighted by atomic mass is 10.1. The third-order valence-electron chi connectivity index (χ3n) is 3.29. The summed E-state index contributed by atoms with van der Waals surface area (Å²) in [6, 6.07) is 16.6. The molecule has 2 rings (SSSR count). The first-order chi connectivity index (χ1) is 10.2. The standard InChI is InChI=1S/C17H22N2OS/c1-3-20-15-10-8-14(9-11-15)16(19-18)12-21-17-7-5-4-6-13(17)2/h4-11,16,19H,3,12,18H2,1-2H3. The van der Waals surface area contributed by atoms with Crippen LogP contribution in [-0.4, -0.2) is 12.4 Å². The molecule has 0 amide bonds. The zero-order chi connectivity index (χ0) is 15.1. The highest BCUT2D eigenvalue weighted by Gasteiger charge is 2.11. The smallest absolute Gasteiger partial charge is 0.119 e. The minimum atomic E-state index is 0.116. The van der Waals surface area contributed by atoms with Crippen LogP contribution in [0.1, 0.15) is 24.1 Å². The van der Waals surface area contributed by atoms with Gasteiger partial charge in [0.1, 0.15) is 5.75 Å². The molecule has 0 aliphatic carbocycles. The number of benzene rings is 2. The van der Waals surface area contributed by atoms with Gasteiger partial charge in [-0.3, -0.25) is 11.3 Å². The molecule has 2 aromatic rings. The van der Waals surface area contributed by atoms with E-state index in [1.54, 1.807) is 0 Å². The highest BCUT2D eigenvalue weighted by Crippen LogP contribution is 2.27. The van der Waals surface area contributed by atoms with Gasteiger partial charge >= 0.3 is 0 Å². The van der Waals surface area contributed by atoms with Crippen LogP contribution < -0.4 is 16.0 Å². The maximum absolute atomic E-state index is 5.71. The van der Waals surface area contributed by atoms with E-state index >= 15 is 0 Å². The van der Waals surface area contributed by atoms with Gasteiger partial charge in [0.05, 0.1) is 12.6 Å². The molecule has 0 saturated heterocycles. The van der Waals surface area contributed by atoms with E-state index in [2.05, 4.69) is 48.7 Å². The van der Waals surface area contributed by atoms with Crippen LogP contribution in [-0.2, 0) is 0 Å². The van der Waals surface area contributed by atoms with Crippen molar-refractivity contribution in [2.75, 3.05) is 12.4 Å². The largest absolute Gasteiger partial charge is 0.494 e. The van der Waals surface area contributed by atoms with Crippen molar-refractivity contribution in [2.24, 2.45) is 5.84 Å². The molecule has 2 aromatic carbocycles. The summed E-state index contributed by atoms with van der Waals surface area (Å²) in [5.41, 5.74) is 5.36. The molecular weight excluding hydrogens is 280 g/mol. The fraction of sp³-hybridized carbons (Fsp3) is 0.294. The second-order valence-corrected chi connectivity index (χ2v) is 5.86. The molecule has 3 N–H and O–H groups in total. The molecule has 0 radical (unpaired) electrons. The minimum Gasteiger partial charge on any atom is -0.494 e. The van der Waals surface area contributed by atoms with Crippen molar-refractivity contribution in [3.63, 3.8) is 0 Å². The SMILES string of the molecule is CCOc1ccc(C(CSc2ccccc2C)NN)cc1. The van der Waals surface area contributed by atoms with Gasteiger partial charge in [0.25, 0.3) is 0 Å². The summed E-state index contributed by atoms with van der Waals surface area (Å²) in [7, 11) is 0. The third kappa shape index (κ3) is 4.49. The summed E-state index contributed by atoms with van der Waals surface area (Å²) in [6.07, 6.45) is 0. The van der Waals surface area contributed by atoms with Crippen LogP contribution in [0.15, 0.2) is 53.4 Å². The van der Waals surface area contributed by atoms with Crippen molar-refractivity contribution in [1.82, 2.24) is 5.43 Å². The van der Waals surface area contributed by atoms with Crippen molar-refractivity contribution in [3.05, 3.63) is 59.7 Å². The summed E-state index contributed by atoms with van der Waals surface area (Å²) in [5.74, 6) is 7.49. The second-order valence-electron chi connectivity index (χ2n) is 4.80. The van der Waals surface area contributed by atoms with Crippen LogP contribution in [0.2, 0.25) is 0 Å². The third-order valence-corrected chi connectivity index (χ3v) is 4.56. The van der Waals surface area contributed by atoms with Crippen LogP contribution in [0.4, 0.5) is 0 Å². The average Bonchev–Trinajstić information content (AvgIpc) is 2.51. The molecule has 0 saturated carbocycles. The molecule has 3 nitrogen and oxygen atoms in total. The molecular formula is C17H22N2OS. The Labute approximate surface area is 130 Å². The monoisotopic (exact) mass is 302 g/mol. The van der Waals surface area contributed by atoms with Gasteiger partial charge in [0, 0.05) is 10.6 Å². The first-order valence-electron chi connectivity index (χ1n) is 7.12. The van der Waals surface area contributed by atoms with Crippen LogP contribution in [0.25, 0.3) is 0 Å². The maximum Gasteiger partial charge on any atom is 0.119 e. The van der Waals surface area contributed by atoms with Gasteiger partial charge < -0.3 is 4.74 Å². The summed E-state index contributed by atoms with van der Waals surface area (Å²) < 4.78 is 5.46. The quantitative estimate of drug-likeness (QED) is 0.465. The van der Waals surface area contributed by atoms with Crippen molar-refractivity contribution < 1.29 is 4.74 Å². The van der Waals surface area contributed by atoms with Crippen LogP contribution >= 0.6 is 11.8 Å². The van der Waals surface area contributed by atoms with E-state index in [-0.39, 0.29) is 6.04 Å². The lowest BCUT2D eigenvalue weighted by molar-refractivity contribution is 0.340. The second kappa shape index (κ2) is 8.08. The van der Waals surface area contributed by atoms with Gasteiger partial charge in [-0.25, -0.2) is 0 Å². The van der Waals surface area contributed by atoms with Crippen molar-refractivity contribution in [2.45, 2.75) is 24.8 Å². The molecule has 0 bridgehead atoms. The van der Waals surface area contributed by atoms with Crippen LogP contribution in [0, 0.1) is 6.92 Å². The number of hydrogen-bond acceptors (Lipinski definition) is 4. The fourth-order valence-corrected chi connectivity index (χ4v) is 3.20. The van der Waals surface area contributed by atoms with Crippen molar-refractivity contribution in [1.29, 1.82) is 0 Å². The van der Waals surface area contributed by atoms with Gasteiger partial charge in [-0.15, -0.1) is 11.8 Å². The highest BCUT2D eigenvalue weighted by molar-refractivity contribution is 7.99. The Morgan fingerprint density at radius 1 is 1.14 bits per heavy atom. The number of nitrogens with two attached hydrogens (primary N) is 1. The molecule has 21 heavy (non-hydrogen) atoms. The molecule has 0 heterocycles. The minimum absolute atomic E-state index is 0.116. The summed E-state index contributed by atoms with van der Waals surface area (Å²) in [5, 5.41) is 0. The predicted molar refractivity (Wildman–Crippen MR) is 89.6 cm³/mol. The Bertz CT molecular complexity index is 557. The normalized spacial score (nSPS) is 12.1. The van der Waals surface area contributed by atoms with Crippen molar-refractivity contribution >= 4 is 11.8 Å². The summed E-state index contributed by atoms with van der Waals surface area (Å²) in [6.45, 7) is 4.79. The van der Waals surface area contributed by atoms with E-state index in [4.69, 9.17) is 10.6 Å². The zero-order valence-corrected chi connectivity index (χ0v) is 13.3. The van der Waals surface area contributed by atoms with Crippen molar-refractivity contribution in [3.8, 4) is 5.75 Å². The first-order valence-corrected chi connectivity index (χ1v) is 8.10. The molecule has 0 aliphatic rings. The topological polar surface area (TPSA) is 47.3 Å².